The van der Waals surface area contributed by atoms with Gasteiger partial charge in [0.1, 0.15) is 6.61 Å². The molecule has 1 fully saturated rings. The van der Waals surface area contributed by atoms with Crippen LogP contribution in [0.2, 0.25) is 0 Å². The highest BCUT2D eigenvalue weighted by atomic mass is 31.2. The second kappa shape index (κ2) is 4.77. The molecule has 1 rings (SSSR count). The van der Waals surface area contributed by atoms with E-state index in [1.165, 1.54) is 19.1 Å². The van der Waals surface area contributed by atoms with Gasteiger partial charge in [0.05, 0.1) is 12.7 Å². The molecule has 6 nitrogen and oxygen atoms in total. The Kier molecular flexibility index (Phi) is 3.92. The molecule has 0 spiro atoms. The summed E-state index contributed by atoms with van der Waals surface area (Å²) in [6.45, 7) is 1.26. The zero-order valence-corrected chi connectivity index (χ0v) is 9.16. The summed E-state index contributed by atoms with van der Waals surface area (Å²) in [5.74, 6) is 0. The van der Waals surface area contributed by atoms with Gasteiger partial charge in [-0.1, -0.05) is 0 Å². The summed E-state index contributed by atoms with van der Waals surface area (Å²) in [5.41, 5.74) is 0. The molecule has 0 aromatic heterocycles. The van der Waals surface area contributed by atoms with Crippen LogP contribution >= 0.6 is 7.60 Å². The molecule has 1 saturated heterocycles. The van der Waals surface area contributed by atoms with Crippen LogP contribution in [-0.2, 0) is 18.3 Å². The number of hydrogen-bond acceptors (Lipinski definition) is 5. The van der Waals surface area contributed by atoms with Crippen molar-refractivity contribution in [2.45, 2.75) is 0 Å². The quantitative estimate of drug-likeness (QED) is 0.648. The molecular formula is C7H14NO5P. The van der Waals surface area contributed by atoms with Gasteiger partial charge in [-0.2, -0.15) is 0 Å². The Morgan fingerprint density at radius 2 is 2.14 bits per heavy atom. The van der Waals surface area contributed by atoms with Gasteiger partial charge in [-0.3, -0.25) is 4.57 Å². The maximum Gasteiger partial charge on any atom is 0.409 e. The molecule has 1 amide bonds. The number of rotatable bonds is 5. The number of amides is 1. The Morgan fingerprint density at radius 3 is 2.57 bits per heavy atom. The van der Waals surface area contributed by atoms with Crippen LogP contribution in [0.3, 0.4) is 0 Å². The molecule has 1 heterocycles. The number of cyclic esters (lactones) is 1. The Morgan fingerprint density at radius 1 is 1.50 bits per heavy atom. The van der Waals surface area contributed by atoms with E-state index >= 15 is 0 Å². The van der Waals surface area contributed by atoms with Gasteiger partial charge in [-0.15, -0.1) is 0 Å². The number of nitrogens with zero attached hydrogens (tertiary/aromatic N) is 1. The first-order valence-electron chi connectivity index (χ1n) is 4.23. The van der Waals surface area contributed by atoms with Crippen LogP contribution in [0.1, 0.15) is 0 Å². The lowest BCUT2D eigenvalue weighted by Gasteiger charge is -2.17. The van der Waals surface area contributed by atoms with E-state index in [-0.39, 0.29) is 12.3 Å². The fourth-order valence-electron chi connectivity index (χ4n) is 1.13. The predicted octanol–water partition coefficient (Wildman–Crippen LogP) is 0.924. The van der Waals surface area contributed by atoms with Crippen molar-refractivity contribution in [1.82, 2.24) is 4.90 Å². The predicted molar refractivity (Wildman–Crippen MR) is 49.4 cm³/mol. The van der Waals surface area contributed by atoms with Crippen molar-refractivity contribution < 1.29 is 23.1 Å². The lowest BCUT2D eigenvalue weighted by atomic mass is 10.6. The molecule has 14 heavy (non-hydrogen) atoms. The fourth-order valence-corrected chi connectivity index (χ4v) is 2.13. The minimum absolute atomic E-state index is 0.190. The Labute approximate surface area is 82.6 Å². The van der Waals surface area contributed by atoms with Crippen LogP contribution < -0.4 is 0 Å². The molecule has 1 aliphatic heterocycles. The van der Waals surface area contributed by atoms with Gasteiger partial charge < -0.3 is 18.7 Å². The second-order valence-corrected chi connectivity index (χ2v) is 5.20. The third kappa shape index (κ3) is 2.70. The van der Waals surface area contributed by atoms with Gasteiger partial charge in [0.25, 0.3) is 0 Å². The molecule has 0 saturated carbocycles. The molecule has 0 N–H and O–H groups in total. The zero-order chi connectivity index (χ0) is 10.6. The molecule has 0 atom stereocenters. The maximum atomic E-state index is 11.6. The van der Waals surface area contributed by atoms with E-state index in [1.54, 1.807) is 0 Å². The van der Waals surface area contributed by atoms with Gasteiger partial charge in [-0.05, 0) is 0 Å². The number of ether oxygens (including phenoxy) is 1. The van der Waals surface area contributed by atoms with Gasteiger partial charge in [0.15, 0.2) is 0 Å². The van der Waals surface area contributed by atoms with E-state index in [0.29, 0.717) is 19.7 Å². The van der Waals surface area contributed by atoms with Gasteiger partial charge in [-0.25, -0.2) is 4.79 Å². The normalized spacial score (nSPS) is 17.3. The van der Waals surface area contributed by atoms with Crippen LogP contribution in [0.5, 0.6) is 0 Å². The minimum atomic E-state index is -3.01. The Balaban J connectivity index is 2.39. The van der Waals surface area contributed by atoms with Crippen LogP contribution in [0.4, 0.5) is 4.79 Å². The summed E-state index contributed by atoms with van der Waals surface area (Å²) in [4.78, 5) is 12.5. The van der Waals surface area contributed by atoms with Crippen molar-refractivity contribution >= 4 is 13.7 Å². The highest BCUT2D eigenvalue weighted by Gasteiger charge is 2.27. The van der Waals surface area contributed by atoms with E-state index in [2.05, 4.69) is 0 Å². The highest BCUT2D eigenvalue weighted by Crippen LogP contribution is 2.45. The van der Waals surface area contributed by atoms with Gasteiger partial charge in [0.2, 0.25) is 0 Å². The number of carbonyl (C=O) groups is 1. The summed E-state index contributed by atoms with van der Waals surface area (Å²) < 4.78 is 25.8. The zero-order valence-electron chi connectivity index (χ0n) is 8.26. The molecular weight excluding hydrogens is 209 g/mol. The summed E-state index contributed by atoms with van der Waals surface area (Å²) >= 11 is 0. The monoisotopic (exact) mass is 223 g/mol. The smallest absolute Gasteiger partial charge is 0.409 e. The molecule has 0 aromatic rings. The average molecular weight is 223 g/mol. The first-order chi connectivity index (χ1) is 6.61. The Hall–Kier alpha value is -0.580. The third-order valence-electron chi connectivity index (χ3n) is 2.05. The first kappa shape index (κ1) is 11.5. The molecule has 0 unspecified atom stereocenters. The summed E-state index contributed by atoms with van der Waals surface area (Å²) in [6, 6.07) is 0. The third-order valence-corrected chi connectivity index (χ3v) is 3.91. The average Bonchev–Trinajstić information content (AvgIpc) is 2.61. The fraction of sp³-hybridized carbons (Fsp3) is 0.857. The van der Waals surface area contributed by atoms with E-state index in [4.69, 9.17) is 13.8 Å². The Bertz CT molecular complexity index is 248. The molecule has 0 bridgehead atoms. The number of carbonyl (C=O) groups excluding carboxylic acids is 1. The second-order valence-electron chi connectivity index (χ2n) is 2.80. The van der Waals surface area contributed by atoms with Crippen molar-refractivity contribution in [3.63, 3.8) is 0 Å². The maximum absolute atomic E-state index is 11.6. The topological polar surface area (TPSA) is 65.1 Å². The van der Waals surface area contributed by atoms with Crippen molar-refractivity contribution in [3.05, 3.63) is 0 Å². The highest BCUT2D eigenvalue weighted by molar-refractivity contribution is 7.53. The van der Waals surface area contributed by atoms with Crippen molar-refractivity contribution in [1.29, 1.82) is 0 Å². The summed E-state index contributed by atoms with van der Waals surface area (Å²) in [6.07, 6.45) is -0.182. The summed E-state index contributed by atoms with van der Waals surface area (Å²) in [5, 5.41) is 0. The first-order valence-corrected chi connectivity index (χ1v) is 5.96. The van der Waals surface area contributed by atoms with Crippen LogP contribution in [0, 0.1) is 0 Å². The van der Waals surface area contributed by atoms with E-state index in [0.717, 1.165) is 0 Å². The lowest BCUT2D eigenvalue weighted by Crippen LogP contribution is -2.27. The molecule has 7 heteroatoms. The lowest BCUT2D eigenvalue weighted by molar-refractivity contribution is 0.159. The molecule has 0 aliphatic carbocycles. The molecule has 0 radical (unpaired) electrons. The van der Waals surface area contributed by atoms with E-state index in [9.17, 15) is 9.36 Å². The molecule has 0 aromatic carbocycles. The van der Waals surface area contributed by atoms with Crippen molar-refractivity contribution in [2.24, 2.45) is 0 Å². The van der Waals surface area contributed by atoms with Crippen LogP contribution in [0.25, 0.3) is 0 Å². The largest absolute Gasteiger partial charge is 0.448 e. The van der Waals surface area contributed by atoms with Gasteiger partial charge >= 0.3 is 13.7 Å². The standard InChI is InChI=1S/C7H14NO5P/c1-11-14(10,12-2)6-4-8-3-5-13-7(8)9/h3-6H2,1-2H3. The van der Waals surface area contributed by atoms with Crippen molar-refractivity contribution in [2.75, 3.05) is 40.1 Å². The van der Waals surface area contributed by atoms with Gasteiger partial charge in [0, 0.05) is 20.8 Å². The van der Waals surface area contributed by atoms with E-state index < -0.39 is 7.60 Å². The van der Waals surface area contributed by atoms with E-state index in [1.807, 2.05) is 0 Å². The molecule has 1 aliphatic rings. The van der Waals surface area contributed by atoms with Crippen molar-refractivity contribution in [3.8, 4) is 0 Å². The summed E-state index contributed by atoms with van der Waals surface area (Å²) in [7, 11) is -0.358. The number of hydrogen-bond donors (Lipinski definition) is 0. The van der Waals surface area contributed by atoms with Crippen LogP contribution in [0.15, 0.2) is 0 Å². The SMILES string of the molecule is COP(=O)(CCN1CCOC1=O)OC. The minimum Gasteiger partial charge on any atom is -0.448 e. The van der Waals surface area contributed by atoms with Crippen LogP contribution in [-0.4, -0.2) is 51.1 Å². The molecule has 82 valence electrons.